The van der Waals surface area contributed by atoms with Gasteiger partial charge in [0.15, 0.2) is 0 Å². The average molecular weight is 421 g/mol. The Morgan fingerprint density at radius 2 is 1.92 bits per heavy atom. The summed E-state index contributed by atoms with van der Waals surface area (Å²) >= 11 is 11.9. The van der Waals surface area contributed by atoms with Gasteiger partial charge in [-0.1, -0.05) is 43.1 Å². The smallest absolute Gasteiger partial charge is 0.223 e. The summed E-state index contributed by atoms with van der Waals surface area (Å²) in [6.07, 6.45) is 2.03. The number of amides is 1. The quantitative estimate of drug-likeness (QED) is 0.730. The Morgan fingerprint density at radius 3 is 2.50 bits per heavy atom. The first kappa shape index (κ1) is 21.5. The highest BCUT2D eigenvalue weighted by Crippen LogP contribution is 2.26. The van der Waals surface area contributed by atoms with E-state index in [9.17, 15) is 13.2 Å². The number of sulfonamides is 1. The second-order valence-electron chi connectivity index (χ2n) is 7.14. The van der Waals surface area contributed by atoms with Gasteiger partial charge < -0.3 is 5.32 Å². The molecule has 0 unspecified atom stereocenters. The van der Waals surface area contributed by atoms with Crippen LogP contribution in [0.15, 0.2) is 18.2 Å². The zero-order valence-electron chi connectivity index (χ0n) is 15.2. The van der Waals surface area contributed by atoms with E-state index < -0.39 is 10.0 Å². The number of hydrogen-bond acceptors (Lipinski definition) is 3. The van der Waals surface area contributed by atoms with Crippen LogP contribution in [0.25, 0.3) is 0 Å². The molecule has 0 radical (unpaired) electrons. The molecule has 0 bridgehead atoms. The highest BCUT2D eigenvalue weighted by atomic mass is 35.5. The first-order chi connectivity index (χ1) is 12.2. The van der Waals surface area contributed by atoms with Crippen LogP contribution in [0, 0.1) is 11.8 Å². The Labute approximate surface area is 166 Å². The zero-order chi connectivity index (χ0) is 19.3. The van der Waals surface area contributed by atoms with Crippen molar-refractivity contribution in [2.24, 2.45) is 11.8 Å². The Bertz CT molecular complexity index is 730. The van der Waals surface area contributed by atoms with Crippen LogP contribution in [0.3, 0.4) is 0 Å². The molecule has 1 saturated heterocycles. The van der Waals surface area contributed by atoms with E-state index >= 15 is 0 Å². The summed E-state index contributed by atoms with van der Waals surface area (Å²) in [4.78, 5) is 12.2. The van der Waals surface area contributed by atoms with Gasteiger partial charge in [0, 0.05) is 35.6 Å². The maximum absolute atomic E-state index is 12.6. The van der Waals surface area contributed by atoms with E-state index in [4.69, 9.17) is 23.2 Å². The molecule has 146 valence electrons. The molecule has 0 spiro atoms. The molecule has 0 aliphatic carbocycles. The molecule has 1 N–H and O–H groups in total. The van der Waals surface area contributed by atoms with Crippen molar-refractivity contribution >= 4 is 39.1 Å². The zero-order valence-corrected chi connectivity index (χ0v) is 17.5. The summed E-state index contributed by atoms with van der Waals surface area (Å²) in [6, 6.07) is 4.81. The standard InChI is InChI=1S/C18H26Cl2N2O3S/c1-13(2)5-8-21-18(23)14-6-9-22(10-7-14)26(24,25)12-15-3-4-16(19)11-17(15)20/h3-4,11,13-14H,5-10,12H2,1-2H3,(H,21,23). The maximum atomic E-state index is 12.6. The fourth-order valence-corrected chi connectivity index (χ4v) is 5.10. The number of hydrogen-bond donors (Lipinski definition) is 1. The number of piperidine rings is 1. The van der Waals surface area contributed by atoms with Gasteiger partial charge in [0.25, 0.3) is 0 Å². The molecular weight excluding hydrogens is 395 g/mol. The number of rotatable bonds is 7. The van der Waals surface area contributed by atoms with E-state index in [1.54, 1.807) is 18.2 Å². The SMILES string of the molecule is CC(C)CCNC(=O)C1CCN(S(=O)(=O)Cc2ccc(Cl)cc2Cl)CC1. The van der Waals surface area contributed by atoms with E-state index in [1.807, 2.05) is 0 Å². The van der Waals surface area contributed by atoms with Gasteiger partial charge >= 0.3 is 0 Å². The van der Waals surface area contributed by atoms with Crippen molar-refractivity contribution in [1.29, 1.82) is 0 Å². The summed E-state index contributed by atoms with van der Waals surface area (Å²) in [7, 11) is -3.47. The molecule has 1 aliphatic rings. The topological polar surface area (TPSA) is 66.5 Å². The number of nitrogens with zero attached hydrogens (tertiary/aromatic N) is 1. The molecule has 1 aliphatic heterocycles. The third-order valence-corrected chi connectivity index (χ3v) is 7.01. The minimum Gasteiger partial charge on any atom is -0.356 e. The van der Waals surface area contributed by atoms with Gasteiger partial charge in [-0.2, -0.15) is 0 Å². The lowest BCUT2D eigenvalue weighted by Crippen LogP contribution is -2.43. The van der Waals surface area contributed by atoms with E-state index in [1.165, 1.54) is 4.31 Å². The lowest BCUT2D eigenvalue weighted by molar-refractivity contribution is -0.126. The number of benzene rings is 1. The third-order valence-electron chi connectivity index (χ3n) is 4.59. The molecule has 26 heavy (non-hydrogen) atoms. The van der Waals surface area contributed by atoms with Gasteiger partial charge in [-0.3, -0.25) is 4.79 Å². The van der Waals surface area contributed by atoms with Crippen molar-refractivity contribution in [2.45, 2.75) is 38.9 Å². The largest absolute Gasteiger partial charge is 0.356 e. The lowest BCUT2D eigenvalue weighted by atomic mass is 9.97. The summed E-state index contributed by atoms with van der Waals surface area (Å²) in [5.74, 6) is 0.298. The first-order valence-electron chi connectivity index (χ1n) is 8.88. The maximum Gasteiger partial charge on any atom is 0.223 e. The lowest BCUT2D eigenvalue weighted by Gasteiger charge is -2.30. The molecule has 1 fully saturated rings. The van der Waals surface area contributed by atoms with Crippen molar-refractivity contribution in [3.05, 3.63) is 33.8 Å². The fourth-order valence-electron chi connectivity index (χ4n) is 2.95. The molecule has 5 nitrogen and oxygen atoms in total. The number of halogens is 2. The second kappa shape index (κ2) is 9.40. The summed E-state index contributed by atoms with van der Waals surface area (Å²) in [5.41, 5.74) is 0.532. The molecule has 0 aromatic heterocycles. The van der Waals surface area contributed by atoms with Crippen LogP contribution in [0.4, 0.5) is 0 Å². The molecule has 1 amide bonds. The van der Waals surface area contributed by atoms with Gasteiger partial charge in [0.05, 0.1) is 5.75 Å². The van der Waals surface area contributed by atoms with Crippen molar-refractivity contribution in [1.82, 2.24) is 9.62 Å². The van der Waals surface area contributed by atoms with Crippen LogP contribution in [0.2, 0.25) is 10.0 Å². The fraction of sp³-hybridized carbons (Fsp3) is 0.611. The molecule has 1 aromatic rings. The Hall–Kier alpha value is -0.820. The normalized spacial score (nSPS) is 16.8. The van der Waals surface area contributed by atoms with Crippen molar-refractivity contribution in [3.63, 3.8) is 0 Å². The van der Waals surface area contributed by atoms with Gasteiger partial charge in [-0.25, -0.2) is 12.7 Å². The predicted molar refractivity (Wildman–Crippen MR) is 106 cm³/mol. The molecule has 0 saturated carbocycles. The summed E-state index contributed by atoms with van der Waals surface area (Å²) in [5, 5.41) is 3.77. The summed E-state index contributed by atoms with van der Waals surface area (Å²) in [6.45, 7) is 5.61. The van der Waals surface area contributed by atoms with Gasteiger partial charge in [0.1, 0.15) is 0 Å². The monoisotopic (exact) mass is 420 g/mol. The van der Waals surface area contributed by atoms with Crippen LogP contribution in [-0.4, -0.2) is 38.3 Å². The van der Waals surface area contributed by atoms with Crippen LogP contribution >= 0.6 is 23.2 Å². The van der Waals surface area contributed by atoms with Gasteiger partial charge in [0.2, 0.25) is 15.9 Å². The minimum absolute atomic E-state index is 0.0310. The molecule has 1 aromatic carbocycles. The van der Waals surface area contributed by atoms with E-state index in [0.29, 0.717) is 54.0 Å². The van der Waals surface area contributed by atoms with Gasteiger partial charge in [-0.15, -0.1) is 0 Å². The molecule has 2 rings (SSSR count). The highest BCUT2D eigenvalue weighted by Gasteiger charge is 2.31. The minimum atomic E-state index is -3.47. The second-order valence-corrected chi connectivity index (χ2v) is 9.95. The number of carbonyl (C=O) groups is 1. The highest BCUT2D eigenvalue weighted by molar-refractivity contribution is 7.88. The van der Waals surface area contributed by atoms with Crippen molar-refractivity contribution in [3.8, 4) is 0 Å². The Morgan fingerprint density at radius 1 is 1.27 bits per heavy atom. The Kier molecular flexibility index (Phi) is 7.76. The van der Waals surface area contributed by atoms with Crippen LogP contribution in [0.1, 0.15) is 38.7 Å². The third kappa shape index (κ3) is 6.12. The predicted octanol–water partition coefficient (Wildman–Crippen LogP) is 3.70. The first-order valence-corrected chi connectivity index (χ1v) is 11.2. The Balaban J connectivity index is 1.88. The number of nitrogens with one attached hydrogen (secondary N) is 1. The van der Waals surface area contributed by atoms with E-state index in [2.05, 4.69) is 19.2 Å². The van der Waals surface area contributed by atoms with Crippen LogP contribution in [0.5, 0.6) is 0 Å². The van der Waals surface area contributed by atoms with E-state index in [-0.39, 0.29) is 17.6 Å². The number of carbonyl (C=O) groups excluding carboxylic acids is 1. The van der Waals surface area contributed by atoms with Crippen LogP contribution < -0.4 is 5.32 Å². The summed E-state index contributed by atoms with van der Waals surface area (Å²) < 4.78 is 26.8. The van der Waals surface area contributed by atoms with Crippen molar-refractivity contribution in [2.75, 3.05) is 19.6 Å². The average Bonchev–Trinajstić information content (AvgIpc) is 2.57. The molecule has 1 heterocycles. The van der Waals surface area contributed by atoms with Gasteiger partial charge in [-0.05, 0) is 42.9 Å². The van der Waals surface area contributed by atoms with Crippen molar-refractivity contribution < 1.29 is 13.2 Å². The van der Waals surface area contributed by atoms with Crippen LogP contribution in [-0.2, 0) is 20.6 Å². The van der Waals surface area contributed by atoms with E-state index in [0.717, 1.165) is 6.42 Å². The molecule has 8 heteroatoms. The molecular formula is C18H26Cl2N2O3S. The molecule has 0 atom stereocenters.